The van der Waals surface area contributed by atoms with Gasteiger partial charge in [0.2, 0.25) is 0 Å². The molecule has 1 nitrogen and oxygen atoms in total. The van der Waals surface area contributed by atoms with Crippen LogP contribution in [0.5, 0.6) is 0 Å². The van der Waals surface area contributed by atoms with Gasteiger partial charge < -0.3 is 0 Å². The molecule has 0 saturated heterocycles. The Morgan fingerprint density at radius 2 is 1.30 bits per heavy atom. The van der Waals surface area contributed by atoms with Gasteiger partial charge in [-0.1, -0.05) is 0 Å². The Bertz CT molecular complexity index is 376. The van der Waals surface area contributed by atoms with Crippen molar-refractivity contribution in [2.45, 2.75) is 135 Å². The van der Waals surface area contributed by atoms with Gasteiger partial charge in [0.05, 0.1) is 0 Å². The standard InChI is InChI=1S/C12H25OSi.3C4H9.Sn/c1-8-9-10-11(2)13-14(6,7)12(3,4)5;3*1-3-4-2;/h8-9,11H,1,10H2,2-7H3;3*1,3-4H2,2H3;/b9-8+;;;;/t11-;;;;/m1..../s1. The maximum atomic E-state index is 6.53. The van der Waals surface area contributed by atoms with E-state index in [0.29, 0.717) is 11.1 Å². The Hall–Kier alpha value is 0.716. The summed E-state index contributed by atoms with van der Waals surface area (Å²) in [6.07, 6.45) is 15.0. The Labute approximate surface area is 178 Å². The summed E-state index contributed by atoms with van der Waals surface area (Å²) in [5.41, 5.74) is 0. The van der Waals surface area contributed by atoms with Crippen LogP contribution in [0.25, 0.3) is 0 Å². The molecule has 0 unspecified atom stereocenters. The quantitative estimate of drug-likeness (QED) is 0.160. The molecule has 162 valence electrons. The molecule has 0 fully saturated rings. The molecule has 3 heteroatoms. The average Bonchev–Trinajstić information content (AvgIpc) is 2.58. The van der Waals surface area contributed by atoms with Crippen molar-refractivity contribution in [3.63, 3.8) is 0 Å². The minimum absolute atomic E-state index is 0.303. The first-order chi connectivity index (χ1) is 12.5. The summed E-state index contributed by atoms with van der Waals surface area (Å²) in [6, 6.07) is 0. The minimum atomic E-state index is -1.98. The second kappa shape index (κ2) is 13.8. The van der Waals surface area contributed by atoms with E-state index in [1.54, 1.807) is 13.3 Å². The molecule has 0 aromatic carbocycles. The van der Waals surface area contributed by atoms with Crippen LogP contribution in [0.1, 0.15) is 93.4 Å². The average molecular weight is 503 g/mol. The van der Waals surface area contributed by atoms with E-state index in [1.807, 2.05) is 0 Å². The van der Waals surface area contributed by atoms with Crippen LogP contribution in [-0.2, 0) is 4.43 Å². The molecule has 0 aromatic heterocycles. The molecule has 0 bridgehead atoms. The SMILES string of the molecule is CCC[CH2][Sn]([CH2]/C=C/C[C@@H](C)O[Si](C)(C)C(C)(C)C)([CH2]CCC)[CH2]CCC. The zero-order chi connectivity index (χ0) is 21.0. The van der Waals surface area contributed by atoms with E-state index >= 15 is 0 Å². The number of hydrogen-bond donors (Lipinski definition) is 0. The molecule has 27 heavy (non-hydrogen) atoms. The van der Waals surface area contributed by atoms with E-state index in [0.717, 1.165) is 6.42 Å². The second-order valence-electron chi connectivity index (χ2n) is 10.4. The number of unbranched alkanes of at least 4 members (excludes halogenated alkanes) is 3. The predicted octanol–water partition coefficient (Wildman–Crippen LogP) is 9.19. The molecule has 0 heterocycles. The van der Waals surface area contributed by atoms with Crippen molar-refractivity contribution < 1.29 is 4.43 Å². The first-order valence-electron chi connectivity index (χ1n) is 11.9. The van der Waals surface area contributed by atoms with Gasteiger partial charge in [0.1, 0.15) is 0 Å². The van der Waals surface area contributed by atoms with Crippen molar-refractivity contribution in [3.8, 4) is 0 Å². The molecule has 1 atom stereocenters. The first-order valence-corrected chi connectivity index (χ1v) is 22.8. The normalized spacial score (nSPS) is 14.9. The topological polar surface area (TPSA) is 9.23 Å². The summed E-state index contributed by atoms with van der Waals surface area (Å²) in [7, 11) is -1.64. The van der Waals surface area contributed by atoms with Crippen molar-refractivity contribution in [1.82, 2.24) is 0 Å². The molecule has 0 spiro atoms. The molecule has 0 saturated carbocycles. The van der Waals surface area contributed by atoms with Gasteiger partial charge in [0.25, 0.3) is 0 Å². The third-order valence-electron chi connectivity index (χ3n) is 6.67. The molecular formula is C24H52OSiSn. The fourth-order valence-electron chi connectivity index (χ4n) is 3.69. The monoisotopic (exact) mass is 504 g/mol. The number of allylic oxidation sites excluding steroid dienone is 1. The maximum absolute atomic E-state index is 6.53. The van der Waals surface area contributed by atoms with E-state index < -0.39 is 26.7 Å². The zero-order valence-electron chi connectivity index (χ0n) is 20.4. The van der Waals surface area contributed by atoms with Gasteiger partial charge in [-0.05, 0) is 0 Å². The number of rotatable bonds is 15. The van der Waals surface area contributed by atoms with Gasteiger partial charge >= 0.3 is 179 Å². The molecular weight excluding hydrogens is 451 g/mol. The molecule has 0 aliphatic heterocycles. The van der Waals surface area contributed by atoms with Crippen LogP contribution in [0.15, 0.2) is 12.2 Å². The predicted molar refractivity (Wildman–Crippen MR) is 131 cm³/mol. The molecule has 0 radical (unpaired) electrons. The van der Waals surface area contributed by atoms with Gasteiger partial charge in [-0.3, -0.25) is 0 Å². The van der Waals surface area contributed by atoms with Crippen molar-refractivity contribution >= 4 is 26.7 Å². The van der Waals surface area contributed by atoms with Crippen molar-refractivity contribution in [2.75, 3.05) is 0 Å². The Morgan fingerprint density at radius 1 is 0.852 bits per heavy atom. The van der Waals surface area contributed by atoms with Crippen LogP contribution >= 0.6 is 0 Å². The van der Waals surface area contributed by atoms with E-state index in [1.165, 1.54) is 43.0 Å². The van der Waals surface area contributed by atoms with Gasteiger partial charge in [-0.15, -0.1) is 0 Å². The van der Waals surface area contributed by atoms with Crippen LogP contribution in [0.4, 0.5) is 0 Å². The van der Waals surface area contributed by atoms with Crippen molar-refractivity contribution in [2.24, 2.45) is 0 Å². The third-order valence-corrected chi connectivity index (χ3v) is 26.5. The molecule has 0 aromatic rings. The summed E-state index contributed by atoms with van der Waals surface area (Å²) in [4.78, 5) is 0. The summed E-state index contributed by atoms with van der Waals surface area (Å²) >= 11 is -1.98. The molecule has 0 aliphatic rings. The Morgan fingerprint density at radius 3 is 1.67 bits per heavy atom. The van der Waals surface area contributed by atoms with E-state index in [-0.39, 0.29) is 0 Å². The van der Waals surface area contributed by atoms with Gasteiger partial charge in [-0.25, -0.2) is 0 Å². The summed E-state index contributed by atoms with van der Waals surface area (Å²) in [6.45, 7) is 21.1. The van der Waals surface area contributed by atoms with Crippen LogP contribution < -0.4 is 0 Å². The van der Waals surface area contributed by atoms with Gasteiger partial charge in [0.15, 0.2) is 0 Å². The fraction of sp³-hybridized carbons (Fsp3) is 0.917. The first kappa shape index (κ1) is 27.7. The van der Waals surface area contributed by atoms with E-state index in [9.17, 15) is 0 Å². The summed E-state index contributed by atoms with van der Waals surface area (Å²) < 4.78 is 12.9. The summed E-state index contributed by atoms with van der Waals surface area (Å²) in [5.74, 6) is 0. The van der Waals surface area contributed by atoms with Crippen molar-refractivity contribution in [1.29, 1.82) is 0 Å². The van der Waals surface area contributed by atoms with Crippen molar-refractivity contribution in [3.05, 3.63) is 12.2 Å². The number of hydrogen-bond acceptors (Lipinski definition) is 1. The van der Waals surface area contributed by atoms with Gasteiger partial charge in [0, 0.05) is 0 Å². The second-order valence-corrected chi connectivity index (χ2v) is 29.2. The Balaban J connectivity index is 4.82. The van der Waals surface area contributed by atoms with E-state index in [2.05, 4.69) is 73.7 Å². The van der Waals surface area contributed by atoms with Gasteiger partial charge in [-0.2, -0.15) is 0 Å². The fourth-order valence-corrected chi connectivity index (χ4v) is 20.4. The third kappa shape index (κ3) is 11.5. The zero-order valence-corrected chi connectivity index (χ0v) is 24.3. The Kier molecular flexibility index (Phi) is 14.2. The van der Waals surface area contributed by atoms with Crippen LogP contribution in [-0.4, -0.2) is 32.8 Å². The molecule has 0 rings (SSSR count). The van der Waals surface area contributed by atoms with Crippen LogP contribution in [0.3, 0.4) is 0 Å². The summed E-state index contributed by atoms with van der Waals surface area (Å²) in [5, 5.41) is 0.303. The molecule has 0 aliphatic carbocycles. The molecule has 0 amide bonds. The van der Waals surface area contributed by atoms with Crippen LogP contribution in [0, 0.1) is 0 Å². The molecule has 0 N–H and O–H groups in total. The van der Waals surface area contributed by atoms with E-state index in [4.69, 9.17) is 4.43 Å². The van der Waals surface area contributed by atoms with Crippen LogP contribution in [0.2, 0.25) is 35.9 Å².